The third-order valence-electron chi connectivity index (χ3n) is 7.07. The van der Waals surface area contributed by atoms with Gasteiger partial charge < -0.3 is 24.5 Å². The fourth-order valence-electron chi connectivity index (χ4n) is 5.16. The summed E-state index contributed by atoms with van der Waals surface area (Å²) in [5.74, 6) is -2.23. The molecule has 1 atom stereocenters. The van der Waals surface area contributed by atoms with Crippen molar-refractivity contribution in [2.24, 2.45) is 0 Å². The van der Waals surface area contributed by atoms with E-state index in [9.17, 15) is 19.5 Å². The molecule has 2 fully saturated rings. The van der Waals surface area contributed by atoms with E-state index >= 15 is 4.39 Å². The number of aromatic nitrogens is 3. The number of hydrogen-bond donors (Lipinski definition) is 2. The first-order chi connectivity index (χ1) is 17.8. The molecular formula is C26H23ClFN5O4. The molecule has 37 heavy (non-hydrogen) atoms. The Balaban J connectivity index is 1.26. The van der Waals surface area contributed by atoms with Gasteiger partial charge in [-0.05, 0) is 37.5 Å². The lowest BCUT2D eigenvalue weighted by molar-refractivity contribution is -0.122. The molecule has 190 valence electrons. The maximum Gasteiger partial charge on any atom is 0.341 e. The molecule has 0 bridgehead atoms. The largest absolute Gasteiger partial charge is 0.477 e. The zero-order valence-electron chi connectivity index (χ0n) is 19.7. The van der Waals surface area contributed by atoms with E-state index in [0.717, 1.165) is 29.9 Å². The van der Waals surface area contributed by atoms with Crippen molar-refractivity contribution in [2.45, 2.75) is 37.9 Å². The van der Waals surface area contributed by atoms with E-state index in [0.29, 0.717) is 25.0 Å². The lowest BCUT2D eigenvalue weighted by Crippen LogP contribution is -2.39. The smallest absolute Gasteiger partial charge is 0.341 e. The summed E-state index contributed by atoms with van der Waals surface area (Å²) < 4.78 is 18.8. The quantitative estimate of drug-likeness (QED) is 0.400. The van der Waals surface area contributed by atoms with Gasteiger partial charge in [-0.25, -0.2) is 14.2 Å². The van der Waals surface area contributed by atoms with E-state index in [1.165, 1.54) is 6.20 Å². The van der Waals surface area contributed by atoms with Crippen molar-refractivity contribution < 1.29 is 19.1 Å². The standard InChI is InChI=1S/C26H23ClFN5O4/c27-22-23-16(25(35)17(26(36)37)11-33(23)15-5-6-15)9-18(28)24(22)31-8-7-14(10-31)30-21(34)12-32-13-29-19-3-1-2-4-20(19)32/h1-4,9,11,13-15H,5-8,10,12H2,(H,30,34)(H,36,37). The molecule has 1 amide bonds. The number of nitrogens with zero attached hydrogens (tertiary/aromatic N) is 4. The minimum atomic E-state index is -1.36. The number of fused-ring (bicyclic) bond motifs is 2. The Labute approximate surface area is 215 Å². The van der Waals surface area contributed by atoms with Crippen LogP contribution in [0.15, 0.2) is 47.7 Å². The average molecular weight is 524 g/mol. The van der Waals surface area contributed by atoms with Crippen LogP contribution in [0.2, 0.25) is 5.02 Å². The number of nitrogens with one attached hydrogen (secondary N) is 1. The number of imidazole rings is 1. The number of carbonyl (C=O) groups excluding carboxylic acids is 1. The second-order valence-electron chi connectivity index (χ2n) is 9.59. The van der Waals surface area contributed by atoms with Gasteiger partial charge in [0.25, 0.3) is 0 Å². The minimum absolute atomic E-state index is 0.0156. The van der Waals surface area contributed by atoms with Crippen LogP contribution in [0.3, 0.4) is 0 Å². The van der Waals surface area contributed by atoms with Gasteiger partial charge in [0.2, 0.25) is 11.3 Å². The first-order valence-corrected chi connectivity index (χ1v) is 12.4. The lowest BCUT2D eigenvalue weighted by atomic mass is 10.1. The fraction of sp³-hybridized carbons (Fsp3) is 0.308. The van der Waals surface area contributed by atoms with Crippen LogP contribution < -0.4 is 15.6 Å². The Bertz CT molecular complexity index is 1640. The van der Waals surface area contributed by atoms with Gasteiger partial charge in [-0.2, -0.15) is 0 Å². The highest BCUT2D eigenvalue weighted by Crippen LogP contribution is 2.42. The first kappa shape index (κ1) is 23.5. The van der Waals surface area contributed by atoms with Crippen LogP contribution in [0.1, 0.15) is 35.7 Å². The van der Waals surface area contributed by atoms with Gasteiger partial charge in [-0.1, -0.05) is 23.7 Å². The zero-order chi connectivity index (χ0) is 25.8. The molecule has 2 N–H and O–H groups in total. The molecule has 1 aliphatic carbocycles. The van der Waals surface area contributed by atoms with Crippen LogP contribution in [-0.4, -0.2) is 50.2 Å². The van der Waals surface area contributed by atoms with Gasteiger partial charge in [0, 0.05) is 31.4 Å². The molecular weight excluding hydrogens is 501 g/mol. The molecule has 2 aliphatic rings. The normalized spacial score (nSPS) is 17.6. The molecule has 2 aromatic carbocycles. The average Bonchev–Trinajstić information content (AvgIpc) is 3.49. The number of aromatic carboxylic acids is 1. The van der Waals surface area contributed by atoms with Crippen molar-refractivity contribution in [3.8, 4) is 0 Å². The predicted octanol–water partition coefficient (Wildman–Crippen LogP) is 3.57. The number of para-hydroxylation sites is 2. The maximum absolute atomic E-state index is 15.4. The number of pyridine rings is 1. The highest BCUT2D eigenvalue weighted by atomic mass is 35.5. The number of halogens is 2. The molecule has 2 aromatic heterocycles. The molecule has 6 rings (SSSR count). The van der Waals surface area contributed by atoms with Crippen molar-refractivity contribution in [1.82, 2.24) is 19.4 Å². The van der Waals surface area contributed by atoms with Crippen molar-refractivity contribution in [3.63, 3.8) is 0 Å². The van der Waals surface area contributed by atoms with Crippen LogP contribution in [0, 0.1) is 5.82 Å². The van der Waals surface area contributed by atoms with Crippen LogP contribution in [0.25, 0.3) is 21.9 Å². The Kier molecular flexibility index (Phi) is 5.63. The van der Waals surface area contributed by atoms with Crippen LogP contribution in [0.5, 0.6) is 0 Å². The predicted molar refractivity (Wildman–Crippen MR) is 137 cm³/mol. The summed E-state index contributed by atoms with van der Waals surface area (Å²) in [5.41, 5.74) is 1.01. The third kappa shape index (κ3) is 4.11. The van der Waals surface area contributed by atoms with E-state index in [4.69, 9.17) is 11.6 Å². The number of carbonyl (C=O) groups is 2. The molecule has 4 aromatic rings. The Morgan fingerprint density at radius 2 is 2.00 bits per heavy atom. The molecule has 1 saturated carbocycles. The van der Waals surface area contributed by atoms with Gasteiger partial charge in [0.15, 0.2) is 0 Å². The minimum Gasteiger partial charge on any atom is -0.477 e. The van der Waals surface area contributed by atoms with E-state index in [1.54, 1.807) is 20.4 Å². The van der Waals surface area contributed by atoms with Crippen molar-refractivity contribution in [3.05, 3.63) is 69.5 Å². The number of rotatable bonds is 6. The second kappa shape index (κ2) is 8.88. The molecule has 0 radical (unpaired) electrons. The Morgan fingerprint density at radius 1 is 1.22 bits per heavy atom. The van der Waals surface area contributed by atoms with Crippen molar-refractivity contribution in [2.75, 3.05) is 18.0 Å². The number of anilines is 1. The summed E-state index contributed by atoms with van der Waals surface area (Å²) in [6, 6.07) is 8.44. The molecule has 1 saturated heterocycles. The van der Waals surface area contributed by atoms with Crippen LogP contribution >= 0.6 is 11.6 Å². The van der Waals surface area contributed by atoms with E-state index in [-0.39, 0.29) is 40.6 Å². The van der Waals surface area contributed by atoms with Gasteiger partial charge in [0.05, 0.1) is 39.0 Å². The first-order valence-electron chi connectivity index (χ1n) is 12.1. The van der Waals surface area contributed by atoms with Gasteiger partial charge in [-0.15, -0.1) is 0 Å². The Hall–Kier alpha value is -3.92. The number of carboxylic acid groups (broad SMARTS) is 1. The third-order valence-corrected chi connectivity index (χ3v) is 7.42. The van der Waals surface area contributed by atoms with Crippen LogP contribution in [-0.2, 0) is 11.3 Å². The highest BCUT2D eigenvalue weighted by Gasteiger charge is 2.32. The summed E-state index contributed by atoms with van der Waals surface area (Å²) in [6.07, 6.45) is 5.18. The van der Waals surface area contributed by atoms with E-state index < -0.39 is 22.8 Å². The van der Waals surface area contributed by atoms with Gasteiger partial charge >= 0.3 is 5.97 Å². The van der Waals surface area contributed by atoms with Crippen molar-refractivity contribution in [1.29, 1.82) is 0 Å². The SMILES string of the molecule is O=C(Cn1cnc2ccccc21)NC1CCN(c2c(F)cc3c(=O)c(C(=O)O)cn(C4CC4)c3c2Cl)C1. The molecule has 1 aliphatic heterocycles. The summed E-state index contributed by atoms with van der Waals surface area (Å²) in [5, 5.41) is 12.5. The van der Waals surface area contributed by atoms with E-state index in [1.807, 2.05) is 24.3 Å². The summed E-state index contributed by atoms with van der Waals surface area (Å²) in [4.78, 5) is 43.2. The number of benzene rings is 2. The van der Waals surface area contributed by atoms with Crippen LogP contribution in [0.4, 0.5) is 10.1 Å². The van der Waals surface area contributed by atoms with Gasteiger partial charge in [0.1, 0.15) is 17.9 Å². The highest BCUT2D eigenvalue weighted by molar-refractivity contribution is 6.38. The topological polar surface area (TPSA) is 109 Å². The molecule has 3 heterocycles. The molecule has 0 spiro atoms. The number of hydrogen-bond acceptors (Lipinski definition) is 5. The zero-order valence-corrected chi connectivity index (χ0v) is 20.4. The lowest BCUT2D eigenvalue weighted by Gasteiger charge is -2.23. The fourth-order valence-corrected chi connectivity index (χ4v) is 5.57. The van der Waals surface area contributed by atoms with E-state index in [2.05, 4.69) is 10.3 Å². The maximum atomic E-state index is 15.4. The monoisotopic (exact) mass is 523 g/mol. The number of amides is 1. The summed E-state index contributed by atoms with van der Waals surface area (Å²) in [6.45, 7) is 0.920. The molecule has 11 heteroatoms. The number of carboxylic acids is 1. The van der Waals surface area contributed by atoms with Crippen molar-refractivity contribution >= 4 is 51.1 Å². The summed E-state index contributed by atoms with van der Waals surface area (Å²) >= 11 is 6.73. The molecule has 9 nitrogen and oxygen atoms in total. The molecule has 1 unspecified atom stereocenters. The van der Waals surface area contributed by atoms with Gasteiger partial charge in [-0.3, -0.25) is 9.59 Å². The second-order valence-corrected chi connectivity index (χ2v) is 9.97. The Morgan fingerprint density at radius 3 is 2.76 bits per heavy atom. The summed E-state index contributed by atoms with van der Waals surface area (Å²) in [7, 11) is 0.